The summed E-state index contributed by atoms with van der Waals surface area (Å²) in [7, 11) is 0. The zero-order chi connectivity index (χ0) is 8.10. The van der Waals surface area contributed by atoms with Crippen molar-refractivity contribution in [2.24, 2.45) is 0 Å². The Morgan fingerprint density at radius 3 is 2.73 bits per heavy atom. The maximum Gasteiger partial charge on any atom is 0.0202 e. The van der Waals surface area contributed by atoms with Gasteiger partial charge in [0.05, 0.1) is 0 Å². The average Bonchev–Trinajstić information content (AvgIpc) is 2.06. The SMILES string of the molecule is CC(=CCl)CN1CCNCC1. The van der Waals surface area contributed by atoms with E-state index >= 15 is 0 Å². The second kappa shape index (κ2) is 4.75. The number of halogens is 1. The molecular weight excluding hydrogens is 160 g/mol. The van der Waals surface area contributed by atoms with Crippen molar-refractivity contribution in [3.63, 3.8) is 0 Å². The molecule has 0 aromatic rings. The van der Waals surface area contributed by atoms with Crippen molar-refractivity contribution in [3.8, 4) is 0 Å². The van der Waals surface area contributed by atoms with Crippen LogP contribution >= 0.6 is 11.6 Å². The third-order valence-electron chi connectivity index (χ3n) is 1.87. The number of nitrogens with zero attached hydrogens (tertiary/aromatic N) is 1. The third-order valence-corrected chi connectivity index (χ3v) is 2.24. The number of hydrogen-bond donors (Lipinski definition) is 1. The Kier molecular flexibility index (Phi) is 3.91. The predicted octanol–water partition coefficient (Wildman–Crippen LogP) is 1.03. The summed E-state index contributed by atoms with van der Waals surface area (Å²) in [6.45, 7) is 7.58. The van der Waals surface area contributed by atoms with E-state index in [1.165, 1.54) is 5.57 Å². The smallest absolute Gasteiger partial charge is 0.0202 e. The monoisotopic (exact) mass is 174 g/mol. The molecule has 0 unspecified atom stereocenters. The first-order valence-corrected chi connectivity index (χ1v) is 4.45. The highest BCUT2D eigenvalue weighted by Crippen LogP contribution is 2.00. The van der Waals surface area contributed by atoms with Crippen molar-refractivity contribution in [2.45, 2.75) is 6.92 Å². The third kappa shape index (κ3) is 3.23. The summed E-state index contributed by atoms with van der Waals surface area (Å²) in [6.07, 6.45) is 0. The zero-order valence-corrected chi connectivity index (χ0v) is 7.69. The van der Waals surface area contributed by atoms with Crippen LogP contribution in [0.4, 0.5) is 0 Å². The molecule has 1 saturated heterocycles. The van der Waals surface area contributed by atoms with Gasteiger partial charge in [-0.3, -0.25) is 4.90 Å². The molecule has 0 radical (unpaired) electrons. The molecular formula is C8H15ClN2. The van der Waals surface area contributed by atoms with Crippen LogP contribution in [0.15, 0.2) is 11.1 Å². The standard InChI is InChI=1S/C8H15ClN2/c1-8(6-9)7-11-4-2-10-3-5-11/h6,10H,2-5,7H2,1H3. The molecule has 2 nitrogen and oxygen atoms in total. The summed E-state index contributed by atoms with van der Waals surface area (Å²) in [6, 6.07) is 0. The zero-order valence-electron chi connectivity index (χ0n) is 6.94. The molecule has 0 aliphatic carbocycles. The Bertz CT molecular complexity index is 139. The van der Waals surface area contributed by atoms with Gasteiger partial charge in [0.15, 0.2) is 0 Å². The fourth-order valence-corrected chi connectivity index (χ4v) is 1.33. The molecule has 1 aliphatic heterocycles. The van der Waals surface area contributed by atoms with Crippen LogP contribution in [0, 0.1) is 0 Å². The van der Waals surface area contributed by atoms with E-state index in [1.807, 2.05) is 0 Å². The van der Waals surface area contributed by atoms with Gasteiger partial charge in [-0.15, -0.1) is 0 Å². The topological polar surface area (TPSA) is 15.3 Å². The lowest BCUT2D eigenvalue weighted by atomic mass is 10.3. The van der Waals surface area contributed by atoms with Crippen molar-refractivity contribution in [1.29, 1.82) is 0 Å². The van der Waals surface area contributed by atoms with Gasteiger partial charge < -0.3 is 5.32 Å². The van der Waals surface area contributed by atoms with Crippen molar-refractivity contribution < 1.29 is 0 Å². The van der Waals surface area contributed by atoms with Crippen molar-refractivity contribution in [1.82, 2.24) is 10.2 Å². The Hall–Kier alpha value is -0.0500. The quantitative estimate of drug-likeness (QED) is 0.673. The summed E-state index contributed by atoms with van der Waals surface area (Å²) >= 11 is 5.57. The van der Waals surface area contributed by atoms with Crippen LogP contribution in [0.25, 0.3) is 0 Å². The van der Waals surface area contributed by atoms with Gasteiger partial charge in [-0.05, 0) is 12.5 Å². The maximum absolute atomic E-state index is 5.57. The number of hydrogen-bond acceptors (Lipinski definition) is 2. The molecule has 0 atom stereocenters. The molecule has 0 amide bonds. The van der Waals surface area contributed by atoms with Gasteiger partial charge in [0, 0.05) is 38.3 Å². The average molecular weight is 175 g/mol. The lowest BCUT2D eigenvalue weighted by Crippen LogP contribution is -2.43. The molecule has 11 heavy (non-hydrogen) atoms. The minimum absolute atomic E-state index is 1.02. The highest BCUT2D eigenvalue weighted by atomic mass is 35.5. The summed E-state index contributed by atoms with van der Waals surface area (Å²) < 4.78 is 0. The van der Waals surface area contributed by atoms with Crippen LogP contribution in [0.5, 0.6) is 0 Å². The van der Waals surface area contributed by atoms with Crippen LogP contribution in [-0.4, -0.2) is 37.6 Å². The summed E-state index contributed by atoms with van der Waals surface area (Å²) in [5.41, 5.74) is 2.91. The van der Waals surface area contributed by atoms with E-state index in [4.69, 9.17) is 11.6 Å². The Labute approximate surface area is 73.2 Å². The number of piperazine rings is 1. The van der Waals surface area contributed by atoms with Gasteiger partial charge in [0.25, 0.3) is 0 Å². The van der Waals surface area contributed by atoms with Crippen molar-refractivity contribution in [3.05, 3.63) is 11.1 Å². The first kappa shape index (κ1) is 9.04. The minimum atomic E-state index is 1.02. The Morgan fingerprint density at radius 1 is 1.55 bits per heavy atom. The van der Waals surface area contributed by atoms with Crippen LogP contribution in [-0.2, 0) is 0 Å². The van der Waals surface area contributed by atoms with Gasteiger partial charge in [-0.1, -0.05) is 11.6 Å². The van der Waals surface area contributed by atoms with Crippen molar-refractivity contribution >= 4 is 11.6 Å². The van der Waals surface area contributed by atoms with E-state index in [9.17, 15) is 0 Å². The lowest BCUT2D eigenvalue weighted by Gasteiger charge is -2.27. The van der Waals surface area contributed by atoms with Crippen LogP contribution in [0.2, 0.25) is 0 Å². The molecule has 0 saturated carbocycles. The molecule has 3 heteroatoms. The summed E-state index contributed by atoms with van der Waals surface area (Å²) in [4.78, 5) is 2.41. The fourth-order valence-electron chi connectivity index (χ4n) is 1.26. The van der Waals surface area contributed by atoms with E-state index in [1.54, 1.807) is 5.54 Å². The highest BCUT2D eigenvalue weighted by molar-refractivity contribution is 6.25. The first-order chi connectivity index (χ1) is 5.33. The number of nitrogens with one attached hydrogen (secondary N) is 1. The normalized spacial score (nSPS) is 22.2. The van der Waals surface area contributed by atoms with Crippen LogP contribution < -0.4 is 5.32 Å². The maximum atomic E-state index is 5.57. The van der Waals surface area contributed by atoms with Gasteiger partial charge in [0.1, 0.15) is 0 Å². The fraction of sp³-hybridized carbons (Fsp3) is 0.750. The Morgan fingerprint density at radius 2 is 2.18 bits per heavy atom. The van der Waals surface area contributed by atoms with E-state index < -0.39 is 0 Å². The molecule has 0 aromatic heterocycles. The molecule has 0 bridgehead atoms. The summed E-state index contributed by atoms with van der Waals surface area (Å²) in [5.74, 6) is 0. The van der Waals surface area contributed by atoms with Gasteiger partial charge in [-0.25, -0.2) is 0 Å². The molecule has 64 valence electrons. The summed E-state index contributed by atoms with van der Waals surface area (Å²) in [5, 5.41) is 3.31. The van der Waals surface area contributed by atoms with E-state index in [2.05, 4.69) is 17.1 Å². The second-order valence-corrected chi connectivity index (χ2v) is 3.20. The second-order valence-electron chi connectivity index (χ2n) is 2.98. The molecule has 1 aliphatic rings. The van der Waals surface area contributed by atoms with Crippen LogP contribution in [0.3, 0.4) is 0 Å². The van der Waals surface area contributed by atoms with Gasteiger partial charge >= 0.3 is 0 Å². The largest absolute Gasteiger partial charge is 0.314 e. The molecule has 1 fully saturated rings. The number of rotatable bonds is 2. The molecule has 1 heterocycles. The van der Waals surface area contributed by atoms with E-state index in [0.29, 0.717) is 0 Å². The van der Waals surface area contributed by atoms with Gasteiger partial charge in [-0.2, -0.15) is 0 Å². The van der Waals surface area contributed by atoms with E-state index in [-0.39, 0.29) is 0 Å². The molecule has 0 spiro atoms. The highest BCUT2D eigenvalue weighted by Gasteiger charge is 2.08. The molecule has 1 N–H and O–H groups in total. The lowest BCUT2D eigenvalue weighted by molar-refractivity contribution is 0.260. The molecule has 0 aromatic carbocycles. The van der Waals surface area contributed by atoms with Crippen LogP contribution in [0.1, 0.15) is 6.92 Å². The molecule has 1 rings (SSSR count). The minimum Gasteiger partial charge on any atom is -0.314 e. The first-order valence-electron chi connectivity index (χ1n) is 4.02. The van der Waals surface area contributed by atoms with E-state index in [0.717, 1.165) is 32.7 Å². The van der Waals surface area contributed by atoms with Gasteiger partial charge in [0.2, 0.25) is 0 Å². The predicted molar refractivity (Wildman–Crippen MR) is 48.9 cm³/mol. The Balaban J connectivity index is 2.24. The van der Waals surface area contributed by atoms with Crippen molar-refractivity contribution in [2.75, 3.05) is 32.7 Å².